The third-order valence-corrected chi connectivity index (χ3v) is 6.50. The first-order valence-electron chi connectivity index (χ1n) is 11.4. The van der Waals surface area contributed by atoms with Crippen LogP contribution in [0, 0.1) is 0 Å². The van der Waals surface area contributed by atoms with Crippen LogP contribution in [-0.2, 0) is 19.1 Å². The number of allylic oxidation sites excluding steroid dienone is 3. The number of hydrogen-bond acceptors (Lipinski definition) is 9. The van der Waals surface area contributed by atoms with Gasteiger partial charge in [0.1, 0.15) is 17.6 Å². The number of hydrogen-bond donors (Lipinski definition) is 2. The highest BCUT2D eigenvalue weighted by atomic mass is 33.1. The number of rotatable bonds is 21. The summed E-state index contributed by atoms with van der Waals surface area (Å²) in [4.78, 5) is 25.9. The Bertz CT molecular complexity index is 525. The Kier molecular flexibility index (Phi) is 22.4. The van der Waals surface area contributed by atoms with Gasteiger partial charge in [0, 0.05) is 26.1 Å². The number of carbonyl (C=O) groups excluding carboxylic acids is 2. The van der Waals surface area contributed by atoms with Crippen LogP contribution in [0.3, 0.4) is 0 Å². The summed E-state index contributed by atoms with van der Waals surface area (Å²) in [7, 11) is 2.58. The number of nitrogens with zero attached hydrogens (tertiary/aromatic N) is 1. The van der Waals surface area contributed by atoms with E-state index >= 15 is 0 Å². The maximum Gasteiger partial charge on any atom is 0.317 e. The molecule has 1 unspecified atom stereocenters. The quantitative estimate of drug-likeness (QED) is 0.108. The molecule has 7 nitrogen and oxygen atoms in total. The molecular weight excluding hydrogens is 450 g/mol. The van der Waals surface area contributed by atoms with E-state index in [0.717, 1.165) is 25.7 Å². The van der Waals surface area contributed by atoms with Gasteiger partial charge in [-0.2, -0.15) is 0 Å². The van der Waals surface area contributed by atoms with E-state index in [9.17, 15) is 9.59 Å². The average molecular weight is 492 g/mol. The van der Waals surface area contributed by atoms with E-state index < -0.39 is 0 Å². The zero-order valence-electron chi connectivity index (χ0n) is 19.6. The molecule has 0 amide bonds. The molecule has 186 valence electrons. The smallest absolute Gasteiger partial charge is 0.317 e. The van der Waals surface area contributed by atoms with Gasteiger partial charge in [0.2, 0.25) is 0 Å². The highest BCUT2D eigenvalue weighted by molar-refractivity contribution is 8.77. The van der Waals surface area contributed by atoms with Crippen LogP contribution in [0.25, 0.3) is 0 Å². The molecule has 0 bridgehead atoms. The van der Waals surface area contributed by atoms with E-state index in [0.29, 0.717) is 39.1 Å². The predicted molar refractivity (Wildman–Crippen MR) is 134 cm³/mol. The second-order valence-electron chi connectivity index (χ2n) is 7.18. The van der Waals surface area contributed by atoms with Gasteiger partial charge in [-0.05, 0) is 26.2 Å². The van der Waals surface area contributed by atoms with Crippen LogP contribution >= 0.6 is 21.6 Å². The van der Waals surface area contributed by atoms with E-state index in [4.69, 9.17) is 19.7 Å². The number of aliphatic hydroxyl groups excluding tert-OH is 2. The van der Waals surface area contributed by atoms with Crippen molar-refractivity contribution < 1.29 is 29.3 Å². The molecule has 0 heterocycles. The molecule has 2 N–H and O–H groups in total. The Morgan fingerprint density at radius 2 is 1.66 bits per heavy atom. The summed E-state index contributed by atoms with van der Waals surface area (Å²) in [6, 6.07) is 0. The second-order valence-corrected chi connectivity index (χ2v) is 9.65. The number of ether oxygens (including phenoxy) is 2. The van der Waals surface area contributed by atoms with Crippen LogP contribution in [0.1, 0.15) is 52.4 Å². The maximum absolute atomic E-state index is 12.2. The summed E-state index contributed by atoms with van der Waals surface area (Å²) in [6.07, 6.45) is 13.3. The maximum atomic E-state index is 12.2. The third kappa shape index (κ3) is 19.7. The topological polar surface area (TPSA) is 96.3 Å². The van der Waals surface area contributed by atoms with Gasteiger partial charge >= 0.3 is 11.9 Å². The minimum atomic E-state index is -0.321. The molecule has 0 aromatic heterocycles. The zero-order valence-corrected chi connectivity index (χ0v) is 21.2. The lowest BCUT2D eigenvalue weighted by Gasteiger charge is -2.19. The van der Waals surface area contributed by atoms with Crippen LogP contribution in [-0.4, -0.2) is 84.1 Å². The van der Waals surface area contributed by atoms with Gasteiger partial charge in [-0.3, -0.25) is 14.5 Å². The van der Waals surface area contributed by atoms with Crippen molar-refractivity contribution in [2.75, 3.05) is 51.0 Å². The molecule has 0 aliphatic rings. The van der Waals surface area contributed by atoms with Crippen LogP contribution in [0.4, 0.5) is 0 Å². The summed E-state index contributed by atoms with van der Waals surface area (Å²) in [5, 5.41) is 17.9. The highest BCUT2D eigenvalue weighted by Crippen LogP contribution is 2.22. The molecule has 0 aromatic rings. The van der Waals surface area contributed by atoms with Crippen molar-refractivity contribution in [3.63, 3.8) is 0 Å². The monoisotopic (exact) mass is 491 g/mol. The van der Waals surface area contributed by atoms with Crippen molar-refractivity contribution in [1.29, 1.82) is 0 Å². The van der Waals surface area contributed by atoms with Crippen molar-refractivity contribution in [3.8, 4) is 0 Å². The van der Waals surface area contributed by atoms with Crippen molar-refractivity contribution in [2.24, 2.45) is 0 Å². The van der Waals surface area contributed by atoms with Crippen LogP contribution in [0.2, 0.25) is 0 Å². The fourth-order valence-electron chi connectivity index (χ4n) is 2.80. The number of aliphatic hydroxyl groups is 2. The third-order valence-electron chi connectivity index (χ3n) is 4.42. The van der Waals surface area contributed by atoms with E-state index in [2.05, 4.69) is 6.92 Å². The van der Waals surface area contributed by atoms with Crippen LogP contribution in [0.15, 0.2) is 24.3 Å². The van der Waals surface area contributed by atoms with Crippen molar-refractivity contribution in [2.45, 2.75) is 58.5 Å². The van der Waals surface area contributed by atoms with Gasteiger partial charge in [0.15, 0.2) is 0 Å². The van der Waals surface area contributed by atoms with Crippen molar-refractivity contribution in [3.05, 3.63) is 24.3 Å². The normalized spacial score (nSPS) is 12.7. The van der Waals surface area contributed by atoms with Gasteiger partial charge in [-0.25, -0.2) is 0 Å². The molecule has 0 radical (unpaired) electrons. The Balaban J connectivity index is 4.01. The Morgan fingerprint density at radius 1 is 0.969 bits per heavy atom. The SMILES string of the molecule is C/C=C/C=C/CC(CCCCC)OC(=O)CSSCC(=O)OCCCN(CCO)CCO. The number of unbranched alkanes of at least 4 members (excludes halogenated alkanes) is 2. The molecule has 0 saturated heterocycles. The first kappa shape index (κ1) is 31.0. The summed E-state index contributed by atoms with van der Waals surface area (Å²) >= 11 is 0. The fraction of sp³-hybridized carbons (Fsp3) is 0.739. The minimum absolute atomic E-state index is 0.0302. The van der Waals surface area contributed by atoms with Gasteiger partial charge in [-0.1, -0.05) is 65.7 Å². The van der Waals surface area contributed by atoms with Crippen LogP contribution in [0.5, 0.6) is 0 Å². The predicted octanol–water partition coefficient (Wildman–Crippen LogP) is 3.60. The number of carbonyl (C=O) groups is 2. The molecule has 32 heavy (non-hydrogen) atoms. The molecule has 0 fully saturated rings. The molecule has 0 aliphatic heterocycles. The molecular formula is C23H41NO6S2. The zero-order chi connectivity index (χ0) is 23.9. The lowest BCUT2D eigenvalue weighted by Crippen LogP contribution is -2.31. The fourth-order valence-corrected chi connectivity index (χ4v) is 4.39. The Morgan fingerprint density at radius 3 is 2.28 bits per heavy atom. The van der Waals surface area contributed by atoms with E-state index in [1.807, 2.05) is 36.1 Å². The first-order valence-corrected chi connectivity index (χ1v) is 13.9. The molecule has 0 rings (SSSR count). The molecule has 0 aliphatic carbocycles. The highest BCUT2D eigenvalue weighted by Gasteiger charge is 2.14. The van der Waals surface area contributed by atoms with Gasteiger partial charge in [0.05, 0.1) is 19.8 Å². The van der Waals surface area contributed by atoms with Gasteiger partial charge in [-0.15, -0.1) is 0 Å². The van der Waals surface area contributed by atoms with E-state index in [-0.39, 0.29) is 42.8 Å². The standard InChI is InChI=1S/C23H41NO6S2/c1-3-5-7-9-12-21(11-8-6-4-2)30-23(28)20-32-31-19-22(27)29-18-10-13-24(14-16-25)15-17-26/h3,5,7,9,21,25-26H,4,6,8,10-20H2,1-2H3/b5-3+,9-7+. The summed E-state index contributed by atoms with van der Waals surface area (Å²) in [5.74, 6) is -0.220. The van der Waals surface area contributed by atoms with Crippen molar-refractivity contribution >= 4 is 33.5 Å². The largest absolute Gasteiger partial charge is 0.465 e. The molecule has 1 atom stereocenters. The van der Waals surface area contributed by atoms with Gasteiger partial charge < -0.3 is 19.7 Å². The van der Waals surface area contributed by atoms with E-state index in [1.165, 1.54) is 21.6 Å². The molecule has 0 spiro atoms. The number of esters is 2. The van der Waals surface area contributed by atoms with Crippen molar-refractivity contribution in [1.82, 2.24) is 4.90 Å². The second kappa shape index (κ2) is 23.2. The Labute approximate surface area is 201 Å². The lowest BCUT2D eigenvalue weighted by atomic mass is 10.1. The average Bonchev–Trinajstić information content (AvgIpc) is 2.77. The molecule has 0 aromatic carbocycles. The molecule has 9 heteroatoms. The van der Waals surface area contributed by atoms with Gasteiger partial charge in [0.25, 0.3) is 0 Å². The molecule has 0 saturated carbocycles. The summed E-state index contributed by atoms with van der Waals surface area (Å²) < 4.78 is 10.8. The summed E-state index contributed by atoms with van der Waals surface area (Å²) in [6.45, 7) is 6.08. The van der Waals surface area contributed by atoms with E-state index in [1.54, 1.807) is 0 Å². The Hall–Kier alpha value is -1.00. The summed E-state index contributed by atoms with van der Waals surface area (Å²) in [5.41, 5.74) is 0. The first-order chi connectivity index (χ1) is 15.6. The van der Waals surface area contributed by atoms with Crippen LogP contribution < -0.4 is 0 Å². The lowest BCUT2D eigenvalue weighted by molar-refractivity contribution is -0.146. The minimum Gasteiger partial charge on any atom is -0.465 e.